The summed E-state index contributed by atoms with van der Waals surface area (Å²) in [6.45, 7) is 0.226. The Balaban J connectivity index is 1.93. The van der Waals surface area contributed by atoms with Crippen molar-refractivity contribution in [1.29, 1.82) is 0 Å². The summed E-state index contributed by atoms with van der Waals surface area (Å²) in [7, 11) is 0. The first-order chi connectivity index (χ1) is 8.18. The van der Waals surface area contributed by atoms with Gasteiger partial charge in [-0.05, 0) is 5.56 Å². The molecule has 0 unspecified atom stereocenters. The van der Waals surface area contributed by atoms with E-state index in [4.69, 9.17) is 9.47 Å². The lowest BCUT2D eigenvalue weighted by Gasteiger charge is -2.35. The number of benzene rings is 1. The summed E-state index contributed by atoms with van der Waals surface area (Å²) in [4.78, 5) is 0. The topological polar surface area (TPSA) is 79.2 Å². The number of hydrogen-bond donors (Lipinski definition) is 3. The Morgan fingerprint density at radius 3 is 2.59 bits per heavy atom. The molecule has 0 aliphatic carbocycles. The van der Waals surface area contributed by atoms with Gasteiger partial charge in [-0.3, -0.25) is 0 Å². The Kier molecular flexibility index (Phi) is 4.09. The van der Waals surface area contributed by atoms with Crippen molar-refractivity contribution in [3.63, 3.8) is 0 Å². The van der Waals surface area contributed by atoms with Crippen molar-refractivity contribution >= 4 is 0 Å². The van der Waals surface area contributed by atoms with Gasteiger partial charge < -0.3 is 24.8 Å². The minimum atomic E-state index is -1.31. The van der Waals surface area contributed by atoms with Crippen LogP contribution in [-0.4, -0.2) is 46.5 Å². The van der Waals surface area contributed by atoms with E-state index in [2.05, 4.69) is 0 Å². The summed E-state index contributed by atoms with van der Waals surface area (Å²) >= 11 is 0. The minimum Gasteiger partial charge on any atom is -0.388 e. The highest BCUT2D eigenvalue weighted by atomic mass is 16.6. The van der Waals surface area contributed by atoms with Crippen molar-refractivity contribution in [2.75, 3.05) is 6.61 Å². The third-order valence-corrected chi connectivity index (χ3v) is 2.73. The van der Waals surface area contributed by atoms with Crippen LogP contribution in [0.4, 0.5) is 0 Å². The predicted molar refractivity (Wildman–Crippen MR) is 59.0 cm³/mol. The van der Waals surface area contributed by atoms with Crippen LogP contribution in [0.2, 0.25) is 0 Å². The molecule has 0 saturated carbocycles. The third-order valence-electron chi connectivity index (χ3n) is 2.73. The van der Waals surface area contributed by atoms with Crippen molar-refractivity contribution in [1.82, 2.24) is 0 Å². The zero-order valence-electron chi connectivity index (χ0n) is 9.27. The van der Waals surface area contributed by atoms with E-state index in [-0.39, 0.29) is 13.2 Å². The average molecular weight is 240 g/mol. The van der Waals surface area contributed by atoms with Crippen LogP contribution in [0, 0.1) is 0 Å². The third kappa shape index (κ3) is 3.02. The van der Waals surface area contributed by atoms with Gasteiger partial charge in [0.1, 0.15) is 18.3 Å². The molecule has 2 rings (SSSR count). The summed E-state index contributed by atoms with van der Waals surface area (Å²) < 4.78 is 10.2. The molecule has 1 aliphatic heterocycles. The highest BCUT2D eigenvalue weighted by Gasteiger charge is 2.38. The maximum atomic E-state index is 9.63. The molecule has 0 aromatic heterocycles. The number of hydrogen-bond acceptors (Lipinski definition) is 5. The van der Waals surface area contributed by atoms with Crippen molar-refractivity contribution in [3.8, 4) is 0 Å². The molecule has 1 aromatic carbocycles. The lowest BCUT2D eigenvalue weighted by molar-refractivity contribution is -0.264. The Bertz CT molecular complexity index is 342. The molecule has 0 radical (unpaired) electrons. The Morgan fingerprint density at radius 1 is 1.18 bits per heavy atom. The number of rotatable bonds is 3. The maximum absolute atomic E-state index is 9.63. The van der Waals surface area contributed by atoms with Crippen LogP contribution in [0.3, 0.4) is 0 Å². The van der Waals surface area contributed by atoms with Crippen LogP contribution in [0.15, 0.2) is 30.3 Å². The van der Waals surface area contributed by atoms with Crippen LogP contribution in [0.5, 0.6) is 0 Å². The van der Waals surface area contributed by atoms with Gasteiger partial charge in [0, 0.05) is 0 Å². The first-order valence-electron chi connectivity index (χ1n) is 5.50. The van der Waals surface area contributed by atoms with Gasteiger partial charge in [-0.25, -0.2) is 0 Å². The Morgan fingerprint density at radius 2 is 1.88 bits per heavy atom. The smallest absolute Gasteiger partial charge is 0.183 e. The normalized spacial score (nSPS) is 33.6. The van der Waals surface area contributed by atoms with Crippen molar-refractivity contribution in [3.05, 3.63) is 35.9 Å². The van der Waals surface area contributed by atoms with Crippen LogP contribution in [0.25, 0.3) is 0 Å². The predicted octanol–water partition coefficient (Wildman–Crippen LogP) is -0.358. The van der Waals surface area contributed by atoms with Gasteiger partial charge in [-0.15, -0.1) is 0 Å². The van der Waals surface area contributed by atoms with E-state index in [9.17, 15) is 15.3 Å². The first kappa shape index (κ1) is 12.5. The van der Waals surface area contributed by atoms with Crippen LogP contribution >= 0.6 is 0 Å². The van der Waals surface area contributed by atoms with Gasteiger partial charge in [0.25, 0.3) is 0 Å². The number of ether oxygens (including phenoxy) is 2. The molecule has 1 aromatic rings. The van der Waals surface area contributed by atoms with E-state index in [1.807, 2.05) is 30.3 Å². The molecular weight excluding hydrogens is 224 g/mol. The molecule has 0 spiro atoms. The van der Waals surface area contributed by atoms with E-state index in [1.165, 1.54) is 0 Å². The average Bonchev–Trinajstić information content (AvgIpc) is 2.35. The molecule has 1 saturated heterocycles. The molecule has 1 fully saturated rings. The van der Waals surface area contributed by atoms with Crippen LogP contribution < -0.4 is 0 Å². The quantitative estimate of drug-likeness (QED) is 0.672. The van der Waals surface area contributed by atoms with E-state index in [0.717, 1.165) is 5.56 Å². The summed E-state index contributed by atoms with van der Waals surface area (Å²) in [5.74, 6) is 0. The second kappa shape index (κ2) is 5.57. The standard InChI is InChI=1S/C12H16O5/c13-9-7-17-12(15)10(14)11(9)16-6-8-4-2-1-3-5-8/h1-5,9-15H,6-7H2/t9-,10+,11+,12+/m1/s1. The Labute approximate surface area is 99.2 Å². The molecule has 5 nitrogen and oxygen atoms in total. The minimum absolute atomic E-state index is 0.0440. The number of aliphatic hydroxyl groups is 3. The number of aliphatic hydroxyl groups excluding tert-OH is 3. The van der Waals surface area contributed by atoms with Crippen molar-refractivity contribution < 1.29 is 24.8 Å². The molecule has 1 heterocycles. The molecule has 0 bridgehead atoms. The van der Waals surface area contributed by atoms with Gasteiger partial charge >= 0.3 is 0 Å². The van der Waals surface area contributed by atoms with E-state index >= 15 is 0 Å². The highest BCUT2D eigenvalue weighted by Crippen LogP contribution is 2.18. The van der Waals surface area contributed by atoms with Crippen LogP contribution in [0.1, 0.15) is 5.56 Å². The Hall–Kier alpha value is -0.980. The lowest BCUT2D eigenvalue weighted by Crippen LogP contribution is -2.53. The van der Waals surface area contributed by atoms with Gasteiger partial charge in [-0.2, -0.15) is 0 Å². The van der Waals surface area contributed by atoms with Gasteiger partial charge in [0.15, 0.2) is 6.29 Å². The fraction of sp³-hybridized carbons (Fsp3) is 0.500. The summed E-state index contributed by atoms with van der Waals surface area (Å²) in [5.41, 5.74) is 0.938. The molecule has 4 atom stereocenters. The second-order valence-electron chi connectivity index (χ2n) is 4.04. The molecule has 5 heteroatoms. The molecule has 0 amide bonds. The SMILES string of the molecule is O[C@H]1[C@@H](OCc2ccccc2)[C@H](O)CO[C@@H]1O. The monoisotopic (exact) mass is 240 g/mol. The summed E-state index contributed by atoms with van der Waals surface area (Å²) in [6, 6.07) is 9.42. The van der Waals surface area contributed by atoms with Gasteiger partial charge in [0.2, 0.25) is 0 Å². The molecule has 1 aliphatic rings. The zero-order chi connectivity index (χ0) is 12.3. The zero-order valence-corrected chi connectivity index (χ0v) is 9.27. The maximum Gasteiger partial charge on any atom is 0.183 e. The van der Waals surface area contributed by atoms with E-state index in [0.29, 0.717) is 0 Å². The summed E-state index contributed by atoms with van der Waals surface area (Å²) in [5, 5.41) is 28.5. The fourth-order valence-electron chi connectivity index (χ4n) is 1.76. The van der Waals surface area contributed by atoms with Crippen molar-refractivity contribution in [2.24, 2.45) is 0 Å². The molecule has 17 heavy (non-hydrogen) atoms. The largest absolute Gasteiger partial charge is 0.388 e. The summed E-state index contributed by atoms with van der Waals surface area (Å²) in [6.07, 6.45) is -4.31. The fourth-order valence-corrected chi connectivity index (χ4v) is 1.76. The van der Waals surface area contributed by atoms with Crippen molar-refractivity contribution in [2.45, 2.75) is 31.2 Å². The first-order valence-corrected chi connectivity index (χ1v) is 5.50. The van der Waals surface area contributed by atoms with E-state index in [1.54, 1.807) is 0 Å². The van der Waals surface area contributed by atoms with Gasteiger partial charge in [-0.1, -0.05) is 30.3 Å². The van der Waals surface area contributed by atoms with Gasteiger partial charge in [0.05, 0.1) is 13.2 Å². The second-order valence-corrected chi connectivity index (χ2v) is 4.04. The molecular formula is C12H16O5. The molecule has 94 valence electrons. The molecule has 3 N–H and O–H groups in total. The van der Waals surface area contributed by atoms with Crippen LogP contribution in [-0.2, 0) is 16.1 Å². The highest BCUT2D eigenvalue weighted by molar-refractivity contribution is 5.13. The van der Waals surface area contributed by atoms with E-state index < -0.39 is 24.6 Å². The lowest BCUT2D eigenvalue weighted by atomic mass is 10.1.